The standard InChI is InChI=1S/C29H24N2O2/c1-16-25(19-11-7-8-12-22(19)30-16)26-27(32)20(28(26)33)15-24-29(2,3)21-13-17-9-5-6-10-18(17)14-23(21)31(24)4/h5-15,32H,1-4H3. The molecule has 0 saturated heterocycles. The molecule has 0 bridgehead atoms. The number of carbonyl (C=O) groups excluding carboxylic acids is 1. The van der Waals surface area contributed by atoms with Gasteiger partial charge >= 0.3 is 0 Å². The minimum absolute atomic E-state index is 0.0547. The number of Topliss-reactive ketones (excluding diaryl/α,β-unsaturated/α-hetero) is 1. The van der Waals surface area contributed by atoms with Gasteiger partial charge in [-0.2, -0.15) is 0 Å². The Balaban J connectivity index is 1.48. The summed E-state index contributed by atoms with van der Waals surface area (Å²) in [5, 5.41) is 13.4. The molecule has 0 radical (unpaired) electrons. The fourth-order valence-corrected chi connectivity index (χ4v) is 5.42. The summed E-state index contributed by atoms with van der Waals surface area (Å²) < 4.78 is 0. The zero-order chi connectivity index (χ0) is 23.1. The number of hydrogen-bond donors (Lipinski definition) is 1. The number of para-hydroxylation sites is 1. The first-order chi connectivity index (χ1) is 15.8. The quantitative estimate of drug-likeness (QED) is 0.452. The maximum Gasteiger partial charge on any atom is 0.201 e. The van der Waals surface area contributed by atoms with E-state index >= 15 is 0 Å². The largest absolute Gasteiger partial charge is 0.506 e. The second-order valence-corrected chi connectivity index (χ2v) is 9.49. The van der Waals surface area contributed by atoms with Crippen molar-refractivity contribution in [2.45, 2.75) is 26.2 Å². The van der Waals surface area contributed by atoms with Gasteiger partial charge in [0.05, 0.1) is 16.8 Å². The Morgan fingerprint density at radius 1 is 0.970 bits per heavy atom. The highest BCUT2D eigenvalue weighted by atomic mass is 16.3. The average Bonchev–Trinajstić information content (AvgIpc) is 3.22. The molecule has 0 atom stereocenters. The summed E-state index contributed by atoms with van der Waals surface area (Å²) in [4.78, 5) is 20.0. The zero-order valence-electron chi connectivity index (χ0n) is 19.1. The summed E-state index contributed by atoms with van der Waals surface area (Å²) in [6.07, 6.45) is 1.86. The second-order valence-electron chi connectivity index (χ2n) is 9.49. The molecule has 162 valence electrons. The number of likely N-dealkylation sites (N-methyl/N-ethyl adjacent to an activating group) is 1. The molecular formula is C29H24N2O2. The van der Waals surface area contributed by atoms with Gasteiger partial charge in [0.25, 0.3) is 0 Å². The summed E-state index contributed by atoms with van der Waals surface area (Å²) in [6, 6.07) is 20.5. The summed E-state index contributed by atoms with van der Waals surface area (Å²) in [7, 11) is 2.03. The van der Waals surface area contributed by atoms with E-state index in [4.69, 9.17) is 0 Å². The van der Waals surface area contributed by atoms with E-state index in [1.54, 1.807) is 0 Å². The summed E-state index contributed by atoms with van der Waals surface area (Å²) in [5.41, 5.74) is 7.00. The summed E-state index contributed by atoms with van der Waals surface area (Å²) in [5.74, 6) is -0.0781. The van der Waals surface area contributed by atoms with Crippen molar-refractivity contribution in [3.8, 4) is 0 Å². The van der Waals surface area contributed by atoms with Crippen LogP contribution >= 0.6 is 0 Å². The smallest absolute Gasteiger partial charge is 0.201 e. The second kappa shape index (κ2) is 6.55. The van der Waals surface area contributed by atoms with Crippen LogP contribution in [0.1, 0.15) is 31.9 Å². The maximum atomic E-state index is 13.3. The highest BCUT2D eigenvalue weighted by molar-refractivity contribution is 6.38. The average molecular weight is 433 g/mol. The zero-order valence-corrected chi connectivity index (χ0v) is 19.1. The van der Waals surface area contributed by atoms with Crippen molar-refractivity contribution in [1.29, 1.82) is 0 Å². The molecule has 0 unspecified atom stereocenters. The van der Waals surface area contributed by atoms with Gasteiger partial charge in [-0.1, -0.05) is 56.3 Å². The van der Waals surface area contributed by atoms with Crippen LogP contribution in [0.2, 0.25) is 0 Å². The number of aliphatic hydroxyl groups excluding tert-OH is 1. The minimum Gasteiger partial charge on any atom is -0.506 e. The molecule has 0 amide bonds. The van der Waals surface area contributed by atoms with Crippen LogP contribution in [0.4, 0.5) is 11.4 Å². The SMILES string of the molecule is CC1=Nc2ccccc2C1=C1C(=O)C(C=C2N(C)c3cc4ccccc4cc3C2(C)C)=C1O. The number of nitrogens with zero attached hydrogens (tertiary/aromatic N) is 2. The van der Waals surface area contributed by atoms with Crippen LogP contribution in [0.3, 0.4) is 0 Å². The third-order valence-electron chi connectivity index (χ3n) is 7.22. The van der Waals surface area contributed by atoms with Gasteiger partial charge in [0.1, 0.15) is 5.76 Å². The normalized spacial score (nSPS) is 22.1. The highest BCUT2D eigenvalue weighted by Crippen LogP contribution is 2.50. The predicted octanol–water partition coefficient (Wildman–Crippen LogP) is 6.41. The van der Waals surface area contributed by atoms with Gasteiger partial charge in [0.2, 0.25) is 5.78 Å². The lowest BCUT2D eigenvalue weighted by Gasteiger charge is -2.27. The Labute approximate surface area is 192 Å². The molecule has 1 N–H and O–H groups in total. The van der Waals surface area contributed by atoms with Crippen molar-refractivity contribution in [1.82, 2.24) is 0 Å². The molecule has 3 aliphatic rings. The van der Waals surface area contributed by atoms with Crippen LogP contribution < -0.4 is 4.90 Å². The number of hydrogen-bond acceptors (Lipinski definition) is 4. The number of allylic oxidation sites excluding steroid dienone is 5. The number of rotatable bonds is 1. The Morgan fingerprint density at radius 2 is 1.64 bits per heavy atom. The summed E-state index contributed by atoms with van der Waals surface area (Å²) >= 11 is 0. The predicted molar refractivity (Wildman–Crippen MR) is 134 cm³/mol. The molecule has 2 heterocycles. The van der Waals surface area contributed by atoms with E-state index in [9.17, 15) is 9.90 Å². The molecule has 0 spiro atoms. The lowest BCUT2D eigenvalue weighted by molar-refractivity contribution is -0.113. The monoisotopic (exact) mass is 432 g/mol. The molecular weight excluding hydrogens is 408 g/mol. The number of aliphatic imine (C=N–C) groups is 1. The van der Waals surface area contributed by atoms with E-state index in [1.165, 1.54) is 16.3 Å². The Morgan fingerprint density at radius 3 is 2.36 bits per heavy atom. The molecule has 33 heavy (non-hydrogen) atoms. The Hall–Kier alpha value is -3.92. The van der Waals surface area contributed by atoms with E-state index < -0.39 is 0 Å². The van der Waals surface area contributed by atoms with Crippen LogP contribution in [0.25, 0.3) is 16.3 Å². The van der Waals surface area contributed by atoms with Crippen LogP contribution in [0.5, 0.6) is 0 Å². The van der Waals surface area contributed by atoms with Crippen molar-refractivity contribution >= 4 is 39.2 Å². The van der Waals surface area contributed by atoms with E-state index in [2.05, 4.69) is 54.1 Å². The third-order valence-corrected chi connectivity index (χ3v) is 7.22. The van der Waals surface area contributed by atoms with Crippen LogP contribution in [0, 0.1) is 0 Å². The first-order valence-electron chi connectivity index (χ1n) is 11.2. The van der Waals surface area contributed by atoms with Crippen molar-refractivity contribution in [2.24, 2.45) is 4.99 Å². The number of fused-ring (bicyclic) bond motifs is 3. The van der Waals surface area contributed by atoms with Crippen molar-refractivity contribution < 1.29 is 9.90 Å². The van der Waals surface area contributed by atoms with E-state index in [1.807, 2.05) is 50.4 Å². The van der Waals surface area contributed by atoms with E-state index in [0.29, 0.717) is 11.1 Å². The van der Waals surface area contributed by atoms with Crippen molar-refractivity contribution in [3.63, 3.8) is 0 Å². The Bertz CT molecular complexity index is 1530. The van der Waals surface area contributed by atoms with Gasteiger partial charge in [-0.3, -0.25) is 9.79 Å². The molecule has 3 aromatic rings. The summed E-state index contributed by atoms with van der Waals surface area (Å²) in [6.45, 7) is 6.22. The molecule has 4 nitrogen and oxygen atoms in total. The molecule has 4 heteroatoms. The molecule has 1 aliphatic carbocycles. The first kappa shape index (κ1) is 19.7. The Kier molecular flexibility index (Phi) is 3.92. The van der Waals surface area contributed by atoms with Gasteiger partial charge in [0, 0.05) is 40.7 Å². The molecule has 0 aromatic heterocycles. The fraction of sp³-hybridized carbons (Fsp3) is 0.172. The fourth-order valence-electron chi connectivity index (χ4n) is 5.42. The van der Waals surface area contributed by atoms with E-state index in [-0.39, 0.29) is 17.0 Å². The first-order valence-corrected chi connectivity index (χ1v) is 11.2. The number of aliphatic hydroxyl groups is 1. The lowest BCUT2D eigenvalue weighted by Crippen LogP contribution is -2.28. The number of anilines is 1. The molecule has 6 rings (SSSR count). The topological polar surface area (TPSA) is 52.9 Å². The van der Waals surface area contributed by atoms with Gasteiger partial charge in [-0.25, -0.2) is 0 Å². The van der Waals surface area contributed by atoms with Gasteiger partial charge in [0.15, 0.2) is 0 Å². The minimum atomic E-state index is -0.304. The highest BCUT2D eigenvalue weighted by Gasteiger charge is 2.43. The van der Waals surface area contributed by atoms with Crippen LogP contribution in [-0.4, -0.2) is 23.6 Å². The lowest BCUT2D eigenvalue weighted by atomic mass is 9.78. The van der Waals surface area contributed by atoms with Crippen molar-refractivity contribution in [3.05, 3.63) is 100 Å². The molecule has 2 aliphatic heterocycles. The van der Waals surface area contributed by atoms with Gasteiger partial charge in [-0.05, 0) is 47.5 Å². The molecule has 3 aromatic carbocycles. The van der Waals surface area contributed by atoms with Crippen LogP contribution in [-0.2, 0) is 10.2 Å². The third kappa shape index (κ3) is 2.58. The van der Waals surface area contributed by atoms with Gasteiger partial charge in [-0.15, -0.1) is 0 Å². The van der Waals surface area contributed by atoms with Crippen LogP contribution in [0.15, 0.2) is 94.3 Å². The number of ketones is 1. The van der Waals surface area contributed by atoms with Gasteiger partial charge < -0.3 is 10.0 Å². The van der Waals surface area contributed by atoms with Crippen molar-refractivity contribution in [2.75, 3.05) is 11.9 Å². The van der Waals surface area contributed by atoms with E-state index in [0.717, 1.165) is 33.9 Å². The molecule has 0 fully saturated rings. The maximum absolute atomic E-state index is 13.3. The number of benzene rings is 3. The number of carbonyl (C=O) groups is 1. The molecule has 0 saturated carbocycles.